The third-order valence-corrected chi connectivity index (χ3v) is 6.31. The quantitative estimate of drug-likeness (QED) is 0.508. The number of hydrogen-bond donors (Lipinski definition) is 0. The molecule has 0 saturated heterocycles. The maximum atomic E-state index is 13.3. The molecule has 0 bridgehead atoms. The van der Waals surface area contributed by atoms with E-state index in [2.05, 4.69) is 4.98 Å². The molecule has 2 heterocycles. The van der Waals surface area contributed by atoms with Gasteiger partial charge in [0.05, 0.1) is 21.3 Å². The number of carbonyl (C=O) groups is 3. The highest BCUT2D eigenvalue weighted by atomic mass is 35.5. The number of halogens is 1. The van der Waals surface area contributed by atoms with Gasteiger partial charge >= 0.3 is 0 Å². The zero-order valence-electron chi connectivity index (χ0n) is 17.2. The number of hydrogen-bond acceptors (Lipinski definition) is 6. The molecule has 1 aromatic heterocycles. The summed E-state index contributed by atoms with van der Waals surface area (Å²) in [6, 6.07) is 12.0. The molecule has 7 nitrogen and oxygen atoms in total. The van der Waals surface area contributed by atoms with Gasteiger partial charge in [0.2, 0.25) is 5.91 Å². The highest BCUT2D eigenvalue weighted by Crippen LogP contribution is 2.31. The number of anilines is 1. The van der Waals surface area contributed by atoms with E-state index < -0.39 is 11.8 Å². The van der Waals surface area contributed by atoms with Crippen LogP contribution in [0.25, 0.3) is 10.2 Å². The molecular formula is C22H21ClN4O3S. The van der Waals surface area contributed by atoms with Crippen molar-refractivity contribution in [1.29, 1.82) is 0 Å². The van der Waals surface area contributed by atoms with E-state index in [0.717, 1.165) is 28.1 Å². The monoisotopic (exact) mass is 456 g/mol. The minimum Gasteiger partial charge on any atom is -0.309 e. The van der Waals surface area contributed by atoms with Gasteiger partial charge in [-0.15, -0.1) is 0 Å². The summed E-state index contributed by atoms with van der Waals surface area (Å²) in [4.78, 5) is 47.8. The largest absolute Gasteiger partial charge is 0.309 e. The van der Waals surface area contributed by atoms with Crippen LogP contribution in [0.3, 0.4) is 0 Å². The second-order valence-electron chi connectivity index (χ2n) is 7.55. The number of carbonyl (C=O) groups excluding carboxylic acids is 3. The Morgan fingerprint density at radius 3 is 2.39 bits per heavy atom. The molecule has 0 N–H and O–H groups in total. The highest BCUT2D eigenvalue weighted by molar-refractivity contribution is 7.22. The summed E-state index contributed by atoms with van der Waals surface area (Å²) in [6.45, 7) is 0.881. The standard InChI is InChI=1S/C22H21ClN4O3S/c1-25(2)10-5-11-26(22-24-17-9-8-14(23)12-18(17)31-22)19(28)13-27-20(29)15-6-3-4-7-16(15)21(27)30/h3-4,6-9,12H,5,10-11,13H2,1-2H3. The van der Waals surface area contributed by atoms with Gasteiger partial charge in [0.1, 0.15) is 6.54 Å². The van der Waals surface area contributed by atoms with E-state index in [1.165, 1.54) is 11.3 Å². The number of imide groups is 1. The summed E-state index contributed by atoms with van der Waals surface area (Å²) in [6.07, 6.45) is 0.720. The van der Waals surface area contributed by atoms with Crippen molar-refractivity contribution in [2.24, 2.45) is 0 Å². The van der Waals surface area contributed by atoms with Crippen molar-refractivity contribution in [2.75, 3.05) is 38.6 Å². The smallest absolute Gasteiger partial charge is 0.262 e. The summed E-state index contributed by atoms with van der Waals surface area (Å²) < 4.78 is 0.869. The van der Waals surface area contributed by atoms with Gasteiger partial charge < -0.3 is 4.90 Å². The third-order valence-electron chi connectivity index (χ3n) is 5.03. The number of fused-ring (bicyclic) bond motifs is 2. The van der Waals surface area contributed by atoms with Crippen LogP contribution in [0.15, 0.2) is 42.5 Å². The number of benzene rings is 2. The number of nitrogens with zero attached hydrogens (tertiary/aromatic N) is 4. The van der Waals surface area contributed by atoms with Crippen molar-refractivity contribution in [1.82, 2.24) is 14.8 Å². The van der Waals surface area contributed by atoms with Gasteiger partial charge in [-0.1, -0.05) is 35.1 Å². The summed E-state index contributed by atoms with van der Waals surface area (Å²) >= 11 is 7.45. The molecule has 4 rings (SSSR count). The normalized spacial score (nSPS) is 13.4. The Bertz CT molecular complexity index is 1140. The zero-order valence-corrected chi connectivity index (χ0v) is 18.7. The Hall–Kier alpha value is -2.81. The summed E-state index contributed by atoms with van der Waals surface area (Å²) in [5.41, 5.74) is 1.40. The molecule has 0 spiro atoms. The second kappa shape index (κ2) is 8.74. The van der Waals surface area contributed by atoms with Crippen molar-refractivity contribution in [2.45, 2.75) is 6.42 Å². The summed E-state index contributed by atoms with van der Waals surface area (Å²) in [5, 5.41) is 1.12. The Morgan fingerprint density at radius 2 is 1.74 bits per heavy atom. The minimum atomic E-state index is -0.446. The predicted octanol–water partition coefficient (Wildman–Crippen LogP) is 3.53. The Balaban J connectivity index is 1.59. The molecule has 3 aromatic rings. The maximum Gasteiger partial charge on any atom is 0.262 e. The first-order chi connectivity index (χ1) is 14.8. The van der Waals surface area contributed by atoms with Gasteiger partial charge in [0, 0.05) is 11.6 Å². The molecule has 2 aromatic carbocycles. The van der Waals surface area contributed by atoms with Crippen molar-refractivity contribution in [3.8, 4) is 0 Å². The maximum absolute atomic E-state index is 13.3. The molecule has 0 aliphatic carbocycles. The molecule has 0 atom stereocenters. The van der Waals surface area contributed by atoms with Crippen molar-refractivity contribution >= 4 is 56.0 Å². The highest BCUT2D eigenvalue weighted by Gasteiger charge is 2.37. The number of thiazole rings is 1. The first-order valence-corrected chi connectivity index (χ1v) is 11.0. The molecule has 3 amide bonds. The predicted molar refractivity (Wildman–Crippen MR) is 122 cm³/mol. The average molecular weight is 457 g/mol. The lowest BCUT2D eigenvalue weighted by molar-refractivity contribution is -0.119. The molecule has 0 radical (unpaired) electrons. The van der Waals surface area contributed by atoms with E-state index in [1.807, 2.05) is 31.1 Å². The minimum absolute atomic E-state index is 0.328. The summed E-state index contributed by atoms with van der Waals surface area (Å²) in [5.74, 6) is -1.24. The molecule has 31 heavy (non-hydrogen) atoms. The fourth-order valence-electron chi connectivity index (χ4n) is 3.48. The fourth-order valence-corrected chi connectivity index (χ4v) is 4.76. The van der Waals surface area contributed by atoms with Crippen molar-refractivity contribution in [3.63, 3.8) is 0 Å². The van der Waals surface area contributed by atoms with Crippen LogP contribution in [-0.2, 0) is 4.79 Å². The zero-order chi connectivity index (χ0) is 22.1. The van der Waals surface area contributed by atoms with Crippen LogP contribution in [0.5, 0.6) is 0 Å². The van der Waals surface area contributed by atoms with E-state index in [0.29, 0.717) is 27.8 Å². The van der Waals surface area contributed by atoms with Crippen LogP contribution in [0.4, 0.5) is 5.13 Å². The van der Waals surface area contributed by atoms with E-state index in [9.17, 15) is 14.4 Å². The first-order valence-electron chi connectivity index (χ1n) is 9.81. The van der Waals surface area contributed by atoms with Crippen molar-refractivity contribution in [3.05, 3.63) is 58.6 Å². The Labute approximate surface area is 188 Å². The van der Waals surface area contributed by atoms with Crippen LogP contribution in [0, 0.1) is 0 Å². The summed E-state index contributed by atoms with van der Waals surface area (Å²) in [7, 11) is 3.93. The SMILES string of the molecule is CN(C)CCCN(C(=O)CN1C(=O)c2ccccc2C1=O)c1nc2ccc(Cl)cc2s1. The third kappa shape index (κ3) is 4.32. The molecule has 0 unspecified atom stereocenters. The van der Waals surface area contributed by atoms with Gasteiger partial charge in [-0.2, -0.15) is 0 Å². The van der Waals surface area contributed by atoms with Gasteiger partial charge in [-0.25, -0.2) is 4.98 Å². The number of amides is 3. The van der Waals surface area contributed by atoms with Gasteiger partial charge in [0.15, 0.2) is 5.13 Å². The lowest BCUT2D eigenvalue weighted by atomic mass is 10.1. The van der Waals surface area contributed by atoms with Crippen LogP contribution < -0.4 is 4.90 Å². The van der Waals surface area contributed by atoms with Gasteiger partial charge in [-0.05, 0) is 57.4 Å². The topological polar surface area (TPSA) is 73.8 Å². The molecule has 1 aliphatic rings. The van der Waals surface area contributed by atoms with Crippen LogP contribution in [-0.4, -0.2) is 66.2 Å². The molecule has 160 valence electrons. The molecule has 9 heteroatoms. The Morgan fingerprint density at radius 1 is 1.06 bits per heavy atom. The van der Waals surface area contributed by atoms with E-state index in [-0.39, 0.29) is 12.5 Å². The lowest BCUT2D eigenvalue weighted by Gasteiger charge is -2.23. The van der Waals surface area contributed by atoms with Crippen molar-refractivity contribution < 1.29 is 14.4 Å². The molecule has 0 saturated carbocycles. The molecule has 1 aliphatic heterocycles. The van der Waals surface area contributed by atoms with Crippen LogP contribution >= 0.6 is 22.9 Å². The van der Waals surface area contributed by atoms with E-state index in [1.54, 1.807) is 35.2 Å². The van der Waals surface area contributed by atoms with Crippen LogP contribution in [0.2, 0.25) is 5.02 Å². The van der Waals surface area contributed by atoms with Gasteiger partial charge in [0.25, 0.3) is 11.8 Å². The Kier molecular flexibility index (Phi) is 6.04. The number of aromatic nitrogens is 1. The lowest BCUT2D eigenvalue weighted by Crippen LogP contribution is -2.43. The molecule has 0 fully saturated rings. The first kappa shape index (κ1) is 21.4. The van der Waals surface area contributed by atoms with E-state index in [4.69, 9.17) is 11.6 Å². The average Bonchev–Trinajstić information content (AvgIpc) is 3.25. The van der Waals surface area contributed by atoms with E-state index >= 15 is 0 Å². The molecular weight excluding hydrogens is 436 g/mol. The fraction of sp³-hybridized carbons (Fsp3) is 0.273. The number of rotatable bonds is 7. The second-order valence-corrected chi connectivity index (χ2v) is 9.00. The van der Waals surface area contributed by atoms with Crippen LogP contribution in [0.1, 0.15) is 27.1 Å². The van der Waals surface area contributed by atoms with Gasteiger partial charge in [-0.3, -0.25) is 24.2 Å².